The van der Waals surface area contributed by atoms with Gasteiger partial charge in [-0.2, -0.15) is 0 Å². The zero-order valence-electron chi connectivity index (χ0n) is 16.6. The molecule has 7 nitrogen and oxygen atoms in total. The molecule has 4 aromatic rings. The number of para-hydroxylation sites is 1. The van der Waals surface area contributed by atoms with Gasteiger partial charge in [0.05, 0.1) is 21.7 Å². The highest BCUT2D eigenvalue weighted by molar-refractivity contribution is 7.22. The van der Waals surface area contributed by atoms with Crippen molar-refractivity contribution in [3.05, 3.63) is 99.9 Å². The highest BCUT2D eigenvalue weighted by Crippen LogP contribution is 2.31. The molecule has 0 N–H and O–H groups in total. The van der Waals surface area contributed by atoms with Crippen LogP contribution in [0.25, 0.3) is 16.3 Å². The van der Waals surface area contributed by atoms with Crippen LogP contribution in [0.3, 0.4) is 0 Å². The van der Waals surface area contributed by atoms with Gasteiger partial charge in [0, 0.05) is 30.6 Å². The van der Waals surface area contributed by atoms with Crippen LogP contribution >= 0.6 is 11.3 Å². The fourth-order valence-corrected chi connectivity index (χ4v) is 4.15. The minimum Gasteiger partial charge on any atom is -0.280 e. The second kappa shape index (κ2) is 8.85. The second-order valence-electron chi connectivity index (χ2n) is 6.89. The Morgan fingerprint density at radius 2 is 2.03 bits per heavy atom. The van der Waals surface area contributed by atoms with E-state index in [1.165, 1.54) is 29.5 Å². The molecular weight excluding hydrogens is 412 g/mol. The van der Waals surface area contributed by atoms with Crippen molar-refractivity contribution in [2.75, 3.05) is 4.90 Å². The van der Waals surface area contributed by atoms with E-state index in [-0.39, 0.29) is 11.6 Å². The number of nitrogens with zero attached hydrogens (tertiary/aromatic N) is 4. The van der Waals surface area contributed by atoms with Crippen LogP contribution in [0.5, 0.6) is 0 Å². The summed E-state index contributed by atoms with van der Waals surface area (Å²) in [6.45, 7) is 2.30. The van der Waals surface area contributed by atoms with Crippen LogP contribution in [-0.4, -0.2) is 20.8 Å². The quantitative estimate of drug-likeness (QED) is 0.240. The van der Waals surface area contributed by atoms with E-state index >= 15 is 0 Å². The van der Waals surface area contributed by atoms with Crippen LogP contribution < -0.4 is 4.90 Å². The van der Waals surface area contributed by atoms with Gasteiger partial charge in [0.25, 0.3) is 11.6 Å². The van der Waals surface area contributed by atoms with E-state index in [2.05, 4.69) is 4.98 Å². The summed E-state index contributed by atoms with van der Waals surface area (Å²) in [6.07, 6.45) is 6.38. The van der Waals surface area contributed by atoms with Crippen LogP contribution in [0.2, 0.25) is 0 Å². The van der Waals surface area contributed by atoms with Gasteiger partial charge in [-0.25, -0.2) is 4.98 Å². The molecule has 0 aliphatic rings. The smallest absolute Gasteiger partial charge is 0.270 e. The molecule has 0 bridgehead atoms. The fourth-order valence-electron chi connectivity index (χ4n) is 3.10. The van der Waals surface area contributed by atoms with E-state index in [4.69, 9.17) is 4.98 Å². The number of pyridine rings is 1. The van der Waals surface area contributed by atoms with Crippen LogP contribution in [0.15, 0.2) is 73.1 Å². The lowest BCUT2D eigenvalue weighted by Gasteiger charge is -2.18. The number of hydrogen-bond donors (Lipinski definition) is 0. The van der Waals surface area contributed by atoms with E-state index in [1.54, 1.807) is 35.5 Å². The molecule has 1 amide bonds. The highest BCUT2D eigenvalue weighted by atomic mass is 32.1. The van der Waals surface area contributed by atoms with E-state index in [1.807, 2.05) is 37.3 Å². The number of benzene rings is 2. The molecule has 0 fully saturated rings. The van der Waals surface area contributed by atoms with E-state index in [9.17, 15) is 14.9 Å². The average Bonchev–Trinajstić information content (AvgIpc) is 3.22. The van der Waals surface area contributed by atoms with Crippen molar-refractivity contribution in [1.29, 1.82) is 0 Å². The number of thiazole rings is 1. The van der Waals surface area contributed by atoms with Crippen molar-refractivity contribution in [3.8, 4) is 0 Å². The van der Waals surface area contributed by atoms with Gasteiger partial charge in [-0.15, -0.1) is 0 Å². The second-order valence-corrected chi connectivity index (χ2v) is 7.90. The van der Waals surface area contributed by atoms with Gasteiger partial charge in [-0.05, 0) is 41.8 Å². The largest absolute Gasteiger partial charge is 0.280 e. The summed E-state index contributed by atoms with van der Waals surface area (Å²) < 4.78 is 1.00. The number of carbonyl (C=O) groups is 1. The Morgan fingerprint density at radius 3 is 2.77 bits per heavy atom. The third-order valence-corrected chi connectivity index (χ3v) is 5.71. The molecule has 8 heteroatoms. The first-order chi connectivity index (χ1) is 15.0. The molecule has 0 spiro atoms. The maximum absolute atomic E-state index is 13.2. The summed E-state index contributed by atoms with van der Waals surface area (Å²) in [5.41, 5.74) is 3.33. The number of nitro benzene ring substituents is 1. The summed E-state index contributed by atoms with van der Waals surface area (Å²) in [4.78, 5) is 34.1. The highest BCUT2D eigenvalue weighted by Gasteiger charge is 2.19. The Bertz CT molecular complexity index is 1280. The number of aromatic nitrogens is 2. The normalized spacial score (nSPS) is 11.1. The minimum absolute atomic E-state index is 0.0246. The summed E-state index contributed by atoms with van der Waals surface area (Å²) in [5, 5.41) is 11.6. The first-order valence-electron chi connectivity index (χ1n) is 9.50. The number of aryl methyl sites for hydroxylation is 1. The van der Waals surface area contributed by atoms with Crippen molar-refractivity contribution in [3.63, 3.8) is 0 Å². The topological polar surface area (TPSA) is 89.2 Å². The molecule has 154 valence electrons. The molecule has 2 aromatic carbocycles. The summed E-state index contributed by atoms with van der Waals surface area (Å²) in [6, 6.07) is 15.8. The number of anilines is 1. The van der Waals surface area contributed by atoms with Gasteiger partial charge < -0.3 is 0 Å². The summed E-state index contributed by atoms with van der Waals surface area (Å²) >= 11 is 1.45. The van der Waals surface area contributed by atoms with Gasteiger partial charge >= 0.3 is 0 Å². The predicted octanol–water partition coefficient (Wildman–Crippen LogP) is 5.15. The zero-order valence-corrected chi connectivity index (χ0v) is 17.5. The fraction of sp³-hybridized carbons (Fsp3) is 0.0870. The van der Waals surface area contributed by atoms with Crippen molar-refractivity contribution < 1.29 is 9.72 Å². The van der Waals surface area contributed by atoms with Crippen LogP contribution in [0, 0.1) is 17.0 Å². The van der Waals surface area contributed by atoms with Crippen LogP contribution in [-0.2, 0) is 11.3 Å². The first kappa shape index (κ1) is 20.4. The molecule has 4 rings (SSSR count). The molecule has 2 aromatic heterocycles. The van der Waals surface area contributed by atoms with Crippen molar-refractivity contribution >= 4 is 44.4 Å². The Labute approximate surface area is 182 Å². The minimum atomic E-state index is -0.461. The van der Waals surface area contributed by atoms with Gasteiger partial charge in [0.1, 0.15) is 0 Å². The van der Waals surface area contributed by atoms with Crippen molar-refractivity contribution in [2.45, 2.75) is 13.5 Å². The number of carbonyl (C=O) groups excluding carboxylic acids is 1. The third-order valence-electron chi connectivity index (χ3n) is 4.67. The van der Waals surface area contributed by atoms with Crippen molar-refractivity contribution in [1.82, 2.24) is 9.97 Å². The molecule has 0 atom stereocenters. The molecule has 0 saturated carbocycles. The Balaban J connectivity index is 1.67. The number of non-ortho nitro benzene ring substituents is 1. The Hall–Kier alpha value is -3.91. The summed E-state index contributed by atoms with van der Waals surface area (Å²) in [7, 11) is 0. The molecule has 0 radical (unpaired) electrons. The van der Waals surface area contributed by atoms with Gasteiger partial charge in [-0.3, -0.25) is 24.8 Å². The predicted molar refractivity (Wildman–Crippen MR) is 122 cm³/mol. The lowest BCUT2D eigenvalue weighted by Crippen LogP contribution is -2.28. The lowest BCUT2D eigenvalue weighted by molar-refractivity contribution is -0.384. The maximum Gasteiger partial charge on any atom is 0.270 e. The number of fused-ring (bicyclic) bond motifs is 1. The molecule has 31 heavy (non-hydrogen) atoms. The summed E-state index contributed by atoms with van der Waals surface area (Å²) in [5.74, 6) is -0.271. The van der Waals surface area contributed by atoms with E-state index < -0.39 is 4.92 Å². The number of amides is 1. The van der Waals surface area contributed by atoms with E-state index in [0.717, 1.165) is 21.3 Å². The molecular formula is C23H18N4O3S. The number of nitro groups is 1. The molecule has 0 saturated heterocycles. The molecule has 0 aliphatic heterocycles. The third kappa shape index (κ3) is 4.65. The van der Waals surface area contributed by atoms with Gasteiger partial charge in [-0.1, -0.05) is 41.7 Å². The van der Waals surface area contributed by atoms with Crippen LogP contribution in [0.1, 0.15) is 16.7 Å². The Morgan fingerprint density at radius 1 is 1.19 bits per heavy atom. The lowest BCUT2D eigenvalue weighted by atomic mass is 10.2. The monoisotopic (exact) mass is 430 g/mol. The zero-order chi connectivity index (χ0) is 21.8. The number of hydrogen-bond acceptors (Lipinski definition) is 6. The SMILES string of the molecule is Cc1cccc2sc(N(Cc3cccnc3)C(=O)/C=C/c3cccc([N+](=O)[O-])c3)nc12. The van der Waals surface area contributed by atoms with E-state index in [0.29, 0.717) is 17.2 Å². The molecule has 0 unspecified atom stereocenters. The van der Waals surface area contributed by atoms with Crippen LogP contribution in [0.4, 0.5) is 10.8 Å². The molecule has 0 aliphatic carbocycles. The number of rotatable bonds is 6. The first-order valence-corrected chi connectivity index (χ1v) is 10.3. The van der Waals surface area contributed by atoms with Gasteiger partial charge in [0.2, 0.25) is 0 Å². The molecule has 2 heterocycles. The maximum atomic E-state index is 13.2. The van der Waals surface area contributed by atoms with Gasteiger partial charge in [0.15, 0.2) is 5.13 Å². The average molecular weight is 430 g/mol. The van der Waals surface area contributed by atoms with Crippen molar-refractivity contribution in [2.24, 2.45) is 0 Å². The standard InChI is InChI=1S/C23H18N4O3S/c1-16-5-2-9-20-22(16)25-23(31-20)26(15-18-7-4-12-24-14-18)21(28)11-10-17-6-3-8-19(13-17)27(29)30/h2-14H,15H2,1H3/b11-10+. The Kier molecular flexibility index (Phi) is 5.81.